The molecule has 1 aromatic rings. The summed E-state index contributed by atoms with van der Waals surface area (Å²) in [7, 11) is 5.47. The second kappa shape index (κ2) is 17.2. The van der Waals surface area contributed by atoms with Crippen LogP contribution in [0.2, 0.25) is 0 Å². The molecule has 0 radical (unpaired) electrons. The van der Waals surface area contributed by atoms with E-state index in [0.717, 1.165) is 0 Å². The fourth-order valence-electron chi connectivity index (χ4n) is 7.09. The molecule has 3 amide bonds. The molecule has 11 atom stereocenters. The van der Waals surface area contributed by atoms with Crippen molar-refractivity contribution in [1.29, 1.82) is 0 Å². The maximum absolute atomic E-state index is 13.5. The van der Waals surface area contributed by atoms with Crippen LogP contribution in [0.15, 0.2) is 18.3 Å². The molecule has 2 aliphatic heterocycles. The lowest BCUT2D eigenvalue weighted by Crippen LogP contribution is -2.59. The normalized spacial score (nSPS) is 36.6. The number of rotatable bonds is 9. The van der Waals surface area contributed by atoms with Gasteiger partial charge in [0, 0.05) is 50.8 Å². The number of nitrogens with zero attached hydrogens (tertiary/aromatic N) is 2. The van der Waals surface area contributed by atoms with Crippen molar-refractivity contribution in [3.05, 3.63) is 24.0 Å². The molecule has 2 saturated heterocycles. The van der Waals surface area contributed by atoms with Crippen LogP contribution in [0, 0.1) is 17.8 Å². The van der Waals surface area contributed by atoms with E-state index < -0.39 is 54.0 Å². The van der Waals surface area contributed by atoms with E-state index in [2.05, 4.69) is 15.6 Å². The first-order valence-electron chi connectivity index (χ1n) is 17.0. The molecule has 3 rings (SSSR count). The SMILES string of the molecule is CC1CC(N(C)C)[C@@H](O)C(O[C@@H]2[C@@H](C)[C@H](O)C(C)C(=O)NC(CCCCNC(=O)c3ccc[nH]3)CC(=O)N(C)C[C@H](C)CC2(C)O)O1. The number of H-pyrrole nitrogens is 1. The van der Waals surface area contributed by atoms with Gasteiger partial charge in [-0.3, -0.25) is 14.4 Å². The Morgan fingerprint density at radius 3 is 2.51 bits per heavy atom. The maximum atomic E-state index is 13.5. The second-order valence-corrected chi connectivity index (χ2v) is 14.5. The van der Waals surface area contributed by atoms with E-state index in [1.807, 2.05) is 32.8 Å². The molecule has 2 aliphatic rings. The summed E-state index contributed by atoms with van der Waals surface area (Å²) < 4.78 is 12.4. The Morgan fingerprint density at radius 2 is 1.87 bits per heavy atom. The minimum absolute atomic E-state index is 0.0897. The number of likely N-dealkylation sites (N-methyl/N-ethyl adjacent to an activating group) is 1. The lowest BCUT2D eigenvalue weighted by atomic mass is 9.77. The third-order valence-electron chi connectivity index (χ3n) is 9.76. The van der Waals surface area contributed by atoms with Crippen LogP contribution in [0.3, 0.4) is 0 Å². The molecule has 13 nitrogen and oxygen atoms in total. The minimum atomic E-state index is -1.50. The molecular formula is C34H59N5O8. The highest BCUT2D eigenvalue weighted by Gasteiger charge is 2.47. The Kier molecular flexibility index (Phi) is 14.2. The molecule has 13 heteroatoms. The molecular weight excluding hydrogens is 606 g/mol. The van der Waals surface area contributed by atoms with Gasteiger partial charge < -0.3 is 50.2 Å². The lowest BCUT2D eigenvalue weighted by Gasteiger charge is -2.46. The van der Waals surface area contributed by atoms with Crippen molar-refractivity contribution in [2.75, 3.05) is 34.2 Å². The van der Waals surface area contributed by atoms with Crippen LogP contribution in [-0.2, 0) is 19.1 Å². The molecule has 47 heavy (non-hydrogen) atoms. The van der Waals surface area contributed by atoms with Crippen LogP contribution in [0.1, 0.15) is 83.6 Å². The molecule has 0 spiro atoms. The molecule has 0 aliphatic carbocycles. The number of aliphatic hydroxyl groups is 3. The number of nitrogens with one attached hydrogen (secondary N) is 3. The van der Waals surface area contributed by atoms with Crippen LogP contribution >= 0.6 is 0 Å². The van der Waals surface area contributed by atoms with Crippen molar-refractivity contribution in [3.8, 4) is 0 Å². The molecule has 0 saturated carbocycles. The highest BCUT2D eigenvalue weighted by molar-refractivity contribution is 5.92. The van der Waals surface area contributed by atoms with Gasteiger partial charge in [0.1, 0.15) is 11.8 Å². The smallest absolute Gasteiger partial charge is 0.267 e. The zero-order valence-electron chi connectivity index (χ0n) is 29.4. The van der Waals surface area contributed by atoms with E-state index in [1.54, 1.807) is 51.0 Å². The van der Waals surface area contributed by atoms with E-state index in [4.69, 9.17) is 9.47 Å². The largest absolute Gasteiger partial charge is 0.392 e. The standard InChI is InChI=1S/C34H59N5O8/c1-20-18-34(5,45)30(47-33-29(42)26(38(6)7)16-21(2)46-33)22(3)28(41)23(4)31(43)37-24(17-27(40)39(8)19-20)12-9-10-14-36-32(44)25-13-11-15-35-25/h11,13,15,20-24,26,28-30,33,35,41-42,45H,9-10,12,14,16-19H2,1-8H3,(H,36,44)(H,37,43)/t20-,21?,22+,23?,24?,26?,28+,29-,30-,33?,34?/m1/s1. The van der Waals surface area contributed by atoms with Crippen molar-refractivity contribution >= 4 is 17.7 Å². The highest BCUT2D eigenvalue weighted by atomic mass is 16.7. The first-order chi connectivity index (χ1) is 22.0. The Bertz CT molecular complexity index is 1150. The zero-order chi connectivity index (χ0) is 35.1. The molecule has 6 unspecified atom stereocenters. The van der Waals surface area contributed by atoms with Gasteiger partial charge in [-0.05, 0) is 78.1 Å². The van der Waals surface area contributed by atoms with Gasteiger partial charge >= 0.3 is 0 Å². The summed E-state index contributed by atoms with van der Waals surface area (Å²) in [6, 6.07) is 2.75. The van der Waals surface area contributed by atoms with Crippen LogP contribution in [0.4, 0.5) is 0 Å². The number of carbonyl (C=O) groups excluding carboxylic acids is 3. The summed E-state index contributed by atoms with van der Waals surface area (Å²) >= 11 is 0. The van der Waals surface area contributed by atoms with Crippen LogP contribution in [0.25, 0.3) is 0 Å². The van der Waals surface area contributed by atoms with Crippen molar-refractivity contribution in [1.82, 2.24) is 25.4 Å². The Hall–Kier alpha value is -2.55. The number of carbonyl (C=O) groups is 3. The van der Waals surface area contributed by atoms with Gasteiger partial charge in [-0.15, -0.1) is 0 Å². The Labute approximate surface area is 279 Å². The highest BCUT2D eigenvalue weighted by Crippen LogP contribution is 2.35. The molecule has 268 valence electrons. The van der Waals surface area contributed by atoms with Gasteiger partial charge in [0.2, 0.25) is 11.8 Å². The van der Waals surface area contributed by atoms with E-state index in [0.29, 0.717) is 44.5 Å². The summed E-state index contributed by atoms with van der Waals surface area (Å²) in [5.41, 5.74) is -1.02. The number of aromatic nitrogens is 1. The van der Waals surface area contributed by atoms with Gasteiger partial charge in [0.15, 0.2) is 6.29 Å². The van der Waals surface area contributed by atoms with Gasteiger partial charge in [0.05, 0.1) is 29.8 Å². The Balaban J connectivity index is 1.77. The van der Waals surface area contributed by atoms with Crippen molar-refractivity contribution in [2.24, 2.45) is 17.8 Å². The Morgan fingerprint density at radius 1 is 1.17 bits per heavy atom. The number of aromatic amines is 1. The fourth-order valence-corrected chi connectivity index (χ4v) is 7.09. The molecule has 2 fully saturated rings. The third kappa shape index (κ3) is 10.7. The summed E-state index contributed by atoms with van der Waals surface area (Å²) in [6.45, 7) is 9.65. The van der Waals surface area contributed by atoms with Crippen molar-refractivity contribution < 1.29 is 39.2 Å². The van der Waals surface area contributed by atoms with Crippen molar-refractivity contribution in [3.63, 3.8) is 0 Å². The first-order valence-corrected chi connectivity index (χ1v) is 17.0. The second-order valence-electron chi connectivity index (χ2n) is 14.5. The summed E-state index contributed by atoms with van der Waals surface area (Å²) in [6.07, 6.45) is -0.0522. The van der Waals surface area contributed by atoms with E-state index in [-0.39, 0.29) is 42.7 Å². The molecule has 3 heterocycles. The average molecular weight is 666 g/mol. The lowest BCUT2D eigenvalue weighted by molar-refractivity contribution is -0.299. The van der Waals surface area contributed by atoms with Crippen molar-refractivity contribution in [2.45, 2.75) is 122 Å². The molecule has 0 aromatic carbocycles. The summed E-state index contributed by atoms with van der Waals surface area (Å²) in [4.78, 5) is 45.5. The topological polar surface area (TPSA) is 177 Å². The number of unbranched alkanes of at least 4 members (excludes halogenated alkanes) is 1. The van der Waals surface area contributed by atoms with Gasteiger partial charge in [-0.1, -0.05) is 20.8 Å². The van der Waals surface area contributed by atoms with Gasteiger partial charge in [-0.25, -0.2) is 0 Å². The molecule has 1 aromatic heterocycles. The summed E-state index contributed by atoms with van der Waals surface area (Å²) in [5.74, 6) is -2.51. The van der Waals surface area contributed by atoms with Crippen LogP contribution in [0.5, 0.6) is 0 Å². The number of aliphatic hydroxyl groups excluding tert-OH is 2. The average Bonchev–Trinajstić information content (AvgIpc) is 3.54. The quantitative estimate of drug-likeness (QED) is 0.213. The monoisotopic (exact) mass is 665 g/mol. The predicted molar refractivity (Wildman–Crippen MR) is 177 cm³/mol. The fraction of sp³-hybridized carbons (Fsp3) is 0.794. The number of hydrogen-bond acceptors (Lipinski definition) is 9. The molecule has 0 bridgehead atoms. The zero-order valence-corrected chi connectivity index (χ0v) is 29.4. The van der Waals surface area contributed by atoms with Gasteiger partial charge in [-0.2, -0.15) is 0 Å². The van der Waals surface area contributed by atoms with E-state index in [9.17, 15) is 29.7 Å². The predicted octanol–water partition coefficient (Wildman–Crippen LogP) is 1.48. The summed E-state index contributed by atoms with van der Waals surface area (Å²) in [5, 5.41) is 40.5. The van der Waals surface area contributed by atoms with E-state index >= 15 is 0 Å². The minimum Gasteiger partial charge on any atom is -0.392 e. The molecule has 6 N–H and O–H groups in total. The third-order valence-corrected chi connectivity index (χ3v) is 9.76. The maximum Gasteiger partial charge on any atom is 0.267 e. The number of hydrogen-bond donors (Lipinski definition) is 6. The first kappa shape index (κ1) is 38.9. The van der Waals surface area contributed by atoms with Gasteiger partial charge in [0.25, 0.3) is 5.91 Å². The number of ether oxygens (including phenoxy) is 2. The van der Waals surface area contributed by atoms with Crippen LogP contribution < -0.4 is 10.6 Å². The van der Waals surface area contributed by atoms with Crippen LogP contribution in [-0.4, -0.2) is 130 Å². The van der Waals surface area contributed by atoms with E-state index in [1.165, 1.54) is 0 Å². The number of amides is 3.